The Kier molecular flexibility index (Phi) is 10.1. The van der Waals surface area contributed by atoms with E-state index in [0.29, 0.717) is 12.1 Å². The number of amides is 2. The molecule has 4 aromatic rings. The van der Waals surface area contributed by atoms with E-state index in [9.17, 15) is 27.9 Å². The lowest BCUT2D eigenvalue weighted by Crippen LogP contribution is -2.49. The Morgan fingerprint density at radius 1 is 1.02 bits per heavy atom. The highest BCUT2D eigenvalue weighted by molar-refractivity contribution is 7.09. The van der Waals surface area contributed by atoms with Gasteiger partial charge in [0.15, 0.2) is 0 Å². The van der Waals surface area contributed by atoms with Crippen LogP contribution in [0.1, 0.15) is 42.5 Å². The average Bonchev–Trinajstić information content (AvgIpc) is 3.40. The third kappa shape index (κ3) is 8.62. The Morgan fingerprint density at radius 2 is 1.74 bits per heavy atom. The molecule has 43 heavy (non-hydrogen) atoms. The molecule has 0 unspecified atom stereocenters. The molecule has 0 saturated heterocycles. The van der Waals surface area contributed by atoms with Crippen LogP contribution in [-0.2, 0) is 19.1 Å². The highest BCUT2D eigenvalue weighted by atomic mass is 32.1. The van der Waals surface area contributed by atoms with Crippen LogP contribution in [0, 0.1) is 6.92 Å². The molecule has 2 N–H and O–H groups in total. The number of aryl methyl sites for hydroxylation is 1. The average molecular weight is 612 g/mol. The van der Waals surface area contributed by atoms with Crippen molar-refractivity contribution in [3.8, 4) is 0 Å². The molecule has 2 amide bonds. The van der Waals surface area contributed by atoms with Gasteiger partial charge in [-0.25, -0.2) is 4.98 Å². The van der Waals surface area contributed by atoms with E-state index in [1.54, 1.807) is 32.3 Å². The van der Waals surface area contributed by atoms with E-state index in [1.165, 1.54) is 33.4 Å². The smallest absolute Gasteiger partial charge is 0.389 e. The van der Waals surface area contributed by atoms with Gasteiger partial charge in [0.05, 0.1) is 36.1 Å². The molecule has 2 atom stereocenters. The molecule has 2 heterocycles. The first-order valence-electron chi connectivity index (χ1n) is 13.4. The lowest BCUT2D eigenvalue weighted by Gasteiger charge is -2.29. The number of hydrogen-bond acceptors (Lipinski definition) is 7. The Labute approximate surface area is 251 Å². The number of carbonyl (C=O) groups excluding carboxylic acids is 2. The van der Waals surface area contributed by atoms with Gasteiger partial charge in [-0.15, -0.1) is 11.3 Å². The summed E-state index contributed by atoms with van der Waals surface area (Å²) in [5.41, 5.74) is 1.54. The molecule has 8 nitrogen and oxygen atoms in total. The van der Waals surface area contributed by atoms with Gasteiger partial charge in [-0.1, -0.05) is 36.4 Å². The number of thiazole rings is 1. The predicted octanol–water partition coefficient (Wildman–Crippen LogP) is 4.98. The second-order valence-electron chi connectivity index (χ2n) is 10.3. The molecule has 0 aliphatic heterocycles. The second kappa shape index (κ2) is 13.8. The quantitative estimate of drug-likeness (QED) is 0.249. The highest BCUT2D eigenvalue weighted by Crippen LogP contribution is 2.30. The predicted molar refractivity (Wildman–Crippen MR) is 159 cm³/mol. The maximum Gasteiger partial charge on any atom is 0.417 e. The number of likely N-dealkylation sites (N-methyl/N-ethyl adjacent to an activating group) is 1. The van der Waals surface area contributed by atoms with Crippen molar-refractivity contribution in [1.29, 1.82) is 0 Å². The van der Waals surface area contributed by atoms with E-state index < -0.39 is 29.8 Å². The summed E-state index contributed by atoms with van der Waals surface area (Å²) in [5.74, 6) is -0.782. The first-order valence-corrected chi connectivity index (χ1v) is 14.3. The SMILES string of the molecule is Cc1csc(CN(C)C(=O)c2cccc(C(=O)N[C@@H](Cc3ccccc3)[C@H](O)CN(C)c3cncc(C(F)(F)F)c3)c2)n1. The van der Waals surface area contributed by atoms with Gasteiger partial charge in [0.1, 0.15) is 5.01 Å². The first-order chi connectivity index (χ1) is 20.4. The van der Waals surface area contributed by atoms with Crippen molar-refractivity contribution < 1.29 is 27.9 Å². The Bertz CT molecular complexity index is 1550. The number of anilines is 1. The van der Waals surface area contributed by atoms with Crippen LogP contribution in [0.3, 0.4) is 0 Å². The topological polar surface area (TPSA) is 98.7 Å². The molecular formula is C31H32F3N5O3S. The van der Waals surface area contributed by atoms with Crippen molar-refractivity contribution >= 4 is 28.8 Å². The van der Waals surface area contributed by atoms with Gasteiger partial charge < -0.3 is 20.2 Å². The highest BCUT2D eigenvalue weighted by Gasteiger charge is 2.32. The van der Waals surface area contributed by atoms with Gasteiger partial charge >= 0.3 is 6.18 Å². The molecule has 0 fully saturated rings. The molecule has 0 radical (unpaired) electrons. The summed E-state index contributed by atoms with van der Waals surface area (Å²) in [6.07, 6.45) is -3.44. The fraction of sp³-hybridized carbons (Fsp3) is 0.290. The molecule has 0 aliphatic carbocycles. The molecular weight excluding hydrogens is 579 g/mol. The van der Waals surface area contributed by atoms with E-state index in [-0.39, 0.29) is 30.1 Å². The van der Waals surface area contributed by atoms with Crippen molar-refractivity contribution in [3.05, 3.63) is 111 Å². The molecule has 0 bridgehead atoms. The van der Waals surface area contributed by atoms with E-state index in [4.69, 9.17) is 0 Å². The number of pyridine rings is 1. The summed E-state index contributed by atoms with van der Waals surface area (Å²) in [6, 6.07) is 15.7. The number of nitrogens with zero attached hydrogens (tertiary/aromatic N) is 4. The van der Waals surface area contributed by atoms with Gasteiger partial charge in [0, 0.05) is 49.0 Å². The molecule has 0 saturated carbocycles. The number of nitrogens with one attached hydrogen (secondary N) is 1. The van der Waals surface area contributed by atoms with E-state index in [2.05, 4.69) is 15.3 Å². The van der Waals surface area contributed by atoms with Crippen LogP contribution in [0.4, 0.5) is 18.9 Å². The third-order valence-electron chi connectivity index (χ3n) is 6.79. The fourth-order valence-corrected chi connectivity index (χ4v) is 5.30. The lowest BCUT2D eigenvalue weighted by atomic mass is 9.99. The lowest BCUT2D eigenvalue weighted by molar-refractivity contribution is -0.137. The summed E-state index contributed by atoms with van der Waals surface area (Å²) in [7, 11) is 3.20. The molecule has 0 spiro atoms. The van der Waals surface area contributed by atoms with E-state index in [1.807, 2.05) is 42.6 Å². The summed E-state index contributed by atoms with van der Waals surface area (Å²) < 4.78 is 39.6. The number of aliphatic hydroxyl groups is 1. The minimum absolute atomic E-state index is 0.0830. The van der Waals surface area contributed by atoms with Crippen molar-refractivity contribution in [2.45, 2.75) is 38.2 Å². The number of aliphatic hydroxyl groups excluding tert-OH is 1. The second-order valence-corrected chi connectivity index (χ2v) is 11.2. The van der Waals surface area contributed by atoms with Crippen LogP contribution in [0.2, 0.25) is 0 Å². The molecule has 2 aromatic heterocycles. The van der Waals surface area contributed by atoms with Crippen LogP contribution in [0.5, 0.6) is 0 Å². The van der Waals surface area contributed by atoms with Crippen molar-refractivity contribution in [1.82, 2.24) is 20.2 Å². The minimum atomic E-state index is -4.56. The Balaban J connectivity index is 1.49. The number of benzene rings is 2. The van der Waals surface area contributed by atoms with Gasteiger partial charge in [0.25, 0.3) is 11.8 Å². The van der Waals surface area contributed by atoms with Crippen molar-refractivity contribution in [2.75, 3.05) is 25.5 Å². The number of carbonyl (C=O) groups is 2. The molecule has 226 valence electrons. The largest absolute Gasteiger partial charge is 0.417 e. The molecule has 4 rings (SSSR count). The van der Waals surface area contributed by atoms with Crippen LogP contribution in [0.25, 0.3) is 0 Å². The zero-order valence-electron chi connectivity index (χ0n) is 23.9. The van der Waals surface area contributed by atoms with Crippen molar-refractivity contribution in [3.63, 3.8) is 0 Å². The van der Waals surface area contributed by atoms with Gasteiger partial charge in [-0.3, -0.25) is 14.6 Å². The summed E-state index contributed by atoms with van der Waals surface area (Å²) in [5, 5.41) is 16.8. The number of alkyl halides is 3. The summed E-state index contributed by atoms with van der Waals surface area (Å²) in [6.45, 7) is 2.13. The Hall–Kier alpha value is -4.29. The maximum atomic E-state index is 13.4. The van der Waals surface area contributed by atoms with Crippen molar-refractivity contribution in [2.24, 2.45) is 0 Å². The van der Waals surface area contributed by atoms with E-state index >= 15 is 0 Å². The van der Waals surface area contributed by atoms with Gasteiger partial charge in [-0.05, 0) is 43.2 Å². The van der Waals surface area contributed by atoms with Crippen LogP contribution >= 0.6 is 11.3 Å². The standard InChI is InChI=1S/C31H32F3N5O3S/c1-20-19-43-28(36-20)18-39(3)30(42)23-11-7-10-22(13-23)29(41)37-26(12-21-8-5-4-6-9-21)27(40)17-38(2)25-14-24(15-35-16-25)31(32,33)34/h4-11,13-16,19,26-27,40H,12,17-18H2,1-3H3,(H,37,41)/t26-,27+/m0/s1. The maximum absolute atomic E-state index is 13.4. The monoisotopic (exact) mass is 611 g/mol. The molecule has 2 aromatic carbocycles. The van der Waals surface area contributed by atoms with Crippen LogP contribution < -0.4 is 10.2 Å². The number of aromatic nitrogens is 2. The number of rotatable bonds is 11. The summed E-state index contributed by atoms with van der Waals surface area (Å²) >= 11 is 1.46. The summed E-state index contributed by atoms with van der Waals surface area (Å²) in [4.78, 5) is 37.6. The number of hydrogen-bond donors (Lipinski definition) is 2. The van der Waals surface area contributed by atoms with E-state index in [0.717, 1.165) is 28.5 Å². The normalized spacial score (nSPS) is 12.8. The van der Waals surface area contributed by atoms with Crippen LogP contribution in [-0.4, -0.2) is 64.6 Å². The molecule has 0 aliphatic rings. The third-order valence-corrected chi connectivity index (χ3v) is 7.74. The molecule has 12 heteroatoms. The fourth-order valence-electron chi connectivity index (χ4n) is 4.47. The van der Waals surface area contributed by atoms with Gasteiger partial charge in [0.2, 0.25) is 0 Å². The van der Waals surface area contributed by atoms with Crippen LogP contribution in [0.15, 0.2) is 78.4 Å². The zero-order chi connectivity index (χ0) is 31.1. The zero-order valence-corrected chi connectivity index (χ0v) is 24.7. The Morgan fingerprint density at radius 3 is 2.42 bits per heavy atom. The first kappa shape index (κ1) is 31.6. The number of halogens is 3. The minimum Gasteiger partial charge on any atom is -0.389 e. The van der Waals surface area contributed by atoms with Gasteiger partial charge in [-0.2, -0.15) is 13.2 Å².